The lowest BCUT2D eigenvalue weighted by Crippen LogP contribution is -2.16. The van der Waals surface area contributed by atoms with Crippen molar-refractivity contribution in [1.82, 2.24) is 4.98 Å². The Kier molecular flexibility index (Phi) is 4.59. The molecule has 2 N–H and O–H groups in total. The van der Waals surface area contributed by atoms with Crippen LogP contribution in [0.3, 0.4) is 0 Å². The summed E-state index contributed by atoms with van der Waals surface area (Å²) >= 11 is 0. The number of aliphatic hydroxyl groups is 1. The van der Waals surface area contributed by atoms with E-state index < -0.39 is 17.5 Å². The summed E-state index contributed by atoms with van der Waals surface area (Å²) < 4.78 is 26.5. The number of aliphatic hydroxyl groups excluding tert-OH is 1. The Morgan fingerprint density at radius 3 is 2.90 bits per heavy atom. The van der Waals surface area contributed by atoms with E-state index in [0.29, 0.717) is 0 Å². The fraction of sp³-hybridized carbons (Fsp3) is 0.0667. The number of pyridine rings is 1. The van der Waals surface area contributed by atoms with Crippen LogP contribution >= 0.6 is 0 Å². The van der Waals surface area contributed by atoms with E-state index in [1.165, 1.54) is 12.3 Å². The van der Waals surface area contributed by atoms with Crippen LogP contribution in [0.4, 0.5) is 14.5 Å². The molecule has 0 aliphatic carbocycles. The number of hydrogen-bond donors (Lipinski definition) is 2. The molecule has 0 saturated carbocycles. The number of anilines is 1. The number of nitrogens with one attached hydrogen (secondary N) is 1. The van der Waals surface area contributed by atoms with E-state index in [2.05, 4.69) is 22.1 Å². The summed E-state index contributed by atoms with van der Waals surface area (Å²) in [6, 6.07) is 5.84. The first-order valence-corrected chi connectivity index (χ1v) is 5.93. The van der Waals surface area contributed by atoms with Gasteiger partial charge in [-0.15, -0.1) is 0 Å². The van der Waals surface area contributed by atoms with Gasteiger partial charge in [-0.25, -0.2) is 13.8 Å². The van der Waals surface area contributed by atoms with E-state index in [9.17, 15) is 13.6 Å². The van der Waals surface area contributed by atoms with E-state index in [4.69, 9.17) is 5.11 Å². The average molecular weight is 288 g/mol. The number of halogens is 2. The molecule has 0 fully saturated rings. The van der Waals surface area contributed by atoms with Gasteiger partial charge in [-0.05, 0) is 24.3 Å². The molecule has 106 valence electrons. The van der Waals surface area contributed by atoms with Crippen molar-refractivity contribution in [3.8, 4) is 11.8 Å². The quantitative estimate of drug-likeness (QED) is 0.830. The molecule has 0 radical (unpaired) electrons. The second-order valence-electron chi connectivity index (χ2n) is 3.94. The van der Waals surface area contributed by atoms with E-state index in [-0.39, 0.29) is 23.6 Å². The van der Waals surface area contributed by atoms with Crippen molar-refractivity contribution < 1.29 is 18.7 Å². The van der Waals surface area contributed by atoms with Gasteiger partial charge in [0, 0.05) is 12.3 Å². The third kappa shape index (κ3) is 3.61. The summed E-state index contributed by atoms with van der Waals surface area (Å²) in [7, 11) is 0. The lowest BCUT2D eigenvalue weighted by molar-refractivity contribution is 0.102. The fourth-order valence-electron chi connectivity index (χ4n) is 1.60. The zero-order valence-electron chi connectivity index (χ0n) is 10.7. The number of carbonyl (C=O) groups is 1. The lowest BCUT2D eigenvalue weighted by atomic mass is 10.2. The first-order valence-electron chi connectivity index (χ1n) is 5.93. The summed E-state index contributed by atoms with van der Waals surface area (Å²) in [5.74, 6) is 2.81. The minimum atomic E-state index is -0.760. The molecule has 0 atom stereocenters. The molecule has 4 nitrogen and oxygen atoms in total. The molecule has 1 aromatic heterocycles. The van der Waals surface area contributed by atoms with Gasteiger partial charge in [-0.3, -0.25) is 4.79 Å². The molecule has 1 heterocycles. The van der Waals surface area contributed by atoms with Crippen molar-refractivity contribution in [2.45, 2.75) is 0 Å². The highest BCUT2D eigenvalue weighted by Gasteiger charge is 2.14. The number of amides is 1. The first-order chi connectivity index (χ1) is 10.1. The molecule has 0 unspecified atom stereocenters. The summed E-state index contributed by atoms with van der Waals surface area (Å²) in [4.78, 5) is 15.9. The van der Waals surface area contributed by atoms with E-state index in [0.717, 1.165) is 18.2 Å². The van der Waals surface area contributed by atoms with E-state index >= 15 is 0 Å². The number of carbonyl (C=O) groups excluding carboxylic acids is 1. The standard InChI is InChI=1S/C15H10F2N2O2/c16-11-5-6-12(17)13(9-11)19-15(21)14-10(4-2-8-20)3-1-7-18-14/h1,3,5-7,9,20H,8H2,(H,19,21). The number of hydrogen-bond acceptors (Lipinski definition) is 3. The van der Waals surface area contributed by atoms with Gasteiger partial charge in [-0.1, -0.05) is 11.8 Å². The highest BCUT2D eigenvalue weighted by molar-refractivity contribution is 6.04. The van der Waals surface area contributed by atoms with Gasteiger partial charge in [0.15, 0.2) is 0 Å². The van der Waals surface area contributed by atoms with Crippen LogP contribution in [-0.4, -0.2) is 22.6 Å². The van der Waals surface area contributed by atoms with Crippen molar-refractivity contribution in [1.29, 1.82) is 0 Å². The van der Waals surface area contributed by atoms with Crippen LogP contribution in [0, 0.1) is 23.5 Å². The monoisotopic (exact) mass is 288 g/mol. The minimum absolute atomic E-state index is 0.0397. The lowest BCUT2D eigenvalue weighted by Gasteiger charge is -2.07. The topological polar surface area (TPSA) is 62.2 Å². The highest BCUT2D eigenvalue weighted by Crippen LogP contribution is 2.16. The predicted molar refractivity (Wildman–Crippen MR) is 72.5 cm³/mol. The fourth-order valence-corrected chi connectivity index (χ4v) is 1.60. The van der Waals surface area contributed by atoms with Gasteiger partial charge < -0.3 is 10.4 Å². The molecule has 2 aromatic rings. The Morgan fingerprint density at radius 2 is 2.14 bits per heavy atom. The molecule has 21 heavy (non-hydrogen) atoms. The molecule has 0 bridgehead atoms. The first kappa shape index (κ1) is 14.6. The van der Waals surface area contributed by atoms with Gasteiger partial charge in [0.25, 0.3) is 5.91 Å². The van der Waals surface area contributed by atoms with Gasteiger partial charge in [0.1, 0.15) is 23.9 Å². The normalized spacial score (nSPS) is 9.67. The van der Waals surface area contributed by atoms with Crippen LogP contribution in [0.5, 0.6) is 0 Å². The van der Waals surface area contributed by atoms with Crippen molar-refractivity contribution >= 4 is 11.6 Å². The Bertz CT molecular complexity index is 736. The van der Waals surface area contributed by atoms with Gasteiger partial charge in [0.2, 0.25) is 0 Å². The second kappa shape index (κ2) is 6.59. The minimum Gasteiger partial charge on any atom is -0.384 e. The second-order valence-corrected chi connectivity index (χ2v) is 3.94. The number of aromatic nitrogens is 1. The maximum atomic E-state index is 13.5. The predicted octanol–water partition coefficient (Wildman–Crippen LogP) is 1.96. The van der Waals surface area contributed by atoms with Crippen LogP contribution in [0.25, 0.3) is 0 Å². The molecule has 0 spiro atoms. The molecule has 1 aromatic carbocycles. The number of benzene rings is 1. The van der Waals surface area contributed by atoms with Gasteiger partial charge >= 0.3 is 0 Å². The average Bonchev–Trinajstić information content (AvgIpc) is 2.49. The summed E-state index contributed by atoms with van der Waals surface area (Å²) in [6.45, 7) is -0.367. The summed E-state index contributed by atoms with van der Waals surface area (Å²) in [5, 5.41) is 10.9. The summed E-state index contributed by atoms with van der Waals surface area (Å²) in [6.07, 6.45) is 1.38. The van der Waals surface area contributed by atoms with Crippen LogP contribution in [-0.2, 0) is 0 Å². The Morgan fingerprint density at radius 1 is 1.33 bits per heavy atom. The Hall–Kier alpha value is -2.78. The van der Waals surface area contributed by atoms with Crippen LogP contribution < -0.4 is 5.32 Å². The maximum absolute atomic E-state index is 13.5. The van der Waals surface area contributed by atoms with Gasteiger partial charge in [0.05, 0.1) is 11.3 Å². The molecule has 6 heteroatoms. The van der Waals surface area contributed by atoms with Crippen molar-refractivity contribution in [2.75, 3.05) is 11.9 Å². The molecule has 0 saturated heterocycles. The molecular weight excluding hydrogens is 278 g/mol. The Labute approximate surface area is 119 Å². The molecular formula is C15H10F2N2O2. The third-order valence-electron chi connectivity index (χ3n) is 2.50. The number of rotatable bonds is 2. The van der Waals surface area contributed by atoms with Crippen molar-refractivity contribution in [2.24, 2.45) is 0 Å². The molecule has 0 aliphatic rings. The Balaban J connectivity index is 2.31. The molecule has 1 amide bonds. The smallest absolute Gasteiger partial charge is 0.275 e. The largest absolute Gasteiger partial charge is 0.384 e. The third-order valence-corrected chi connectivity index (χ3v) is 2.50. The zero-order chi connectivity index (χ0) is 15.2. The van der Waals surface area contributed by atoms with Crippen molar-refractivity contribution in [3.05, 3.63) is 59.4 Å². The SMILES string of the molecule is O=C(Nc1cc(F)ccc1F)c1ncccc1C#CCO. The molecule has 0 aliphatic heterocycles. The van der Waals surface area contributed by atoms with Crippen LogP contribution in [0.15, 0.2) is 36.5 Å². The number of nitrogens with zero attached hydrogens (tertiary/aromatic N) is 1. The van der Waals surface area contributed by atoms with Crippen LogP contribution in [0.1, 0.15) is 16.1 Å². The van der Waals surface area contributed by atoms with Gasteiger partial charge in [-0.2, -0.15) is 0 Å². The zero-order valence-corrected chi connectivity index (χ0v) is 10.7. The molecule has 2 rings (SSSR count). The highest BCUT2D eigenvalue weighted by atomic mass is 19.1. The van der Waals surface area contributed by atoms with E-state index in [1.807, 2.05) is 0 Å². The van der Waals surface area contributed by atoms with Crippen molar-refractivity contribution in [3.63, 3.8) is 0 Å². The van der Waals surface area contributed by atoms with E-state index in [1.54, 1.807) is 6.07 Å². The van der Waals surface area contributed by atoms with Crippen LogP contribution in [0.2, 0.25) is 0 Å². The summed E-state index contributed by atoms with van der Waals surface area (Å²) in [5.41, 5.74) is -0.0466. The maximum Gasteiger partial charge on any atom is 0.275 e.